The topological polar surface area (TPSA) is 67.6 Å². The van der Waals surface area contributed by atoms with Gasteiger partial charge in [0.05, 0.1) is 17.7 Å². The minimum atomic E-state index is -0.376. The van der Waals surface area contributed by atoms with E-state index in [-0.39, 0.29) is 5.97 Å². The number of esters is 1. The number of anilines is 2. The van der Waals surface area contributed by atoms with Crippen molar-refractivity contribution >= 4 is 39.8 Å². The van der Waals surface area contributed by atoms with Crippen molar-refractivity contribution in [1.29, 1.82) is 0 Å². The fourth-order valence-corrected chi connectivity index (χ4v) is 3.57. The third kappa shape index (κ3) is 4.29. The molecule has 1 heterocycles. The molecule has 0 aromatic carbocycles. The number of hydrogen-bond acceptors (Lipinski definition) is 7. The van der Waals surface area contributed by atoms with Crippen LogP contribution in [0.3, 0.4) is 0 Å². The van der Waals surface area contributed by atoms with Gasteiger partial charge in [-0.1, -0.05) is 0 Å². The highest BCUT2D eigenvalue weighted by Gasteiger charge is 2.20. The zero-order chi connectivity index (χ0) is 14.4. The van der Waals surface area contributed by atoms with Gasteiger partial charge in [0.25, 0.3) is 0 Å². The summed E-state index contributed by atoms with van der Waals surface area (Å²) in [5.74, 6) is -0.376. The van der Waals surface area contributed by atoms with Crippen molar-refractivity contribution in [1.82, 2.24) is 4.90 Å². The van der Waals surface area contributed by atoms with Crippen LogP contribution < -0.4 is 11.1 Å². The van der Waals surface area contributed by atoms with Gasteiger partial charge in [0, 0.05) is 6.54 Å². The maximum atomic E-state index is 11.6. The highest BCUT2D eigenvalue weighted by Crippen LogP contribution is 2.41. The SMILES string of the molecule is COC(=O)c1sc(NCCCN(C)C)c(SC)c1N. The Bertz CT molecular complexity index is 433. The summed E-state index contributed by atoms with van der Waals surface area (Å²) in [5, 5.41) is 4.29. The number of thioether (sulfide) groups is 1. The summed E-state index contributed by atoms with van der Waals surface area (Å²) in [6.07, 6.45) is 2.98. The predicted octanol–water partition coefficient (Wildman–Crippen LogP) is 2.20. The van der Waals surface area contributed by atoms with Crippen LogP contribution >= 0.6 is 23.1 Å². The minimum absolute atomic E-state index is 0.376. The molecule has 0 fully saturated rings. The Morgan fingerprint density at radius 3 is 2.74 bits per heavy atom. The van der Waals surface area contributed by atoms with Crippen LogP contribution in [-0.4, -0.2) is 51.4 Å². The lowest BCUT2D eigenvalue weighted by molar-refractivity contribution is 0.0607. The number of ether oxygens (including phenoxy) is 1. The molecule has 0 bridgehead atoms. The summed E-state index contributed by atoms with van der Waals surface area (Å²) in [6, 6.07) is 0. The lowest BCUT2D eigenvalue weighted by atomic mass is 10.4. The Morgan fingerprint density at radius 2 is 2.21 bits per heavy atom. The molecule has 0 atom stereocenters. The van der Waals surface area contributed by atoms with Gasteiger partial charge < -0.3 is 20.7 Å². The lowest BCUT2D eigenvalue weighted by Gasteiger charge is -2.10. The van der Waals surface area contributed by atoms with E-state index in [1.54, 1.807) is 0 Å². The van der Waals surface area contributed by atoms with E-state index in [2.05, 4.69) is 10.2 Å². The number of nitrogens with two attached hydrogens (primary N) is 1. The van der Waals surface area contributed by atoms with Gasteiger partial charge >= 0.3 is 5.97 Å². The average Bonchev–Trinajstić information content (AvgIpc) is 2.70. The van der Waals surface area contributed by atoms with E-state index < -0.39 is 0 Å². The first kappa shape index (κ1) is 16.1. The van der Waals surface area contributed by atoms with E-state index in [9.17, 15) is 4.79 Å². The van der Waals surface area contributed by atoms with Crippen LogP contribution in [0.15, 0.2) is 4.90 Å². The molecule has 3 N–H and O–H groups in total. The van der Waals surface area contributed by atoms with Gasteiger partial charge in [-0.2, -0.15) is 0 Å². The molecule has 0 aliphatic rings. The Hall–Kier alpha value is -0.920. The van der Waals surface area contributed by atoms with Crippen LogP contribution in [0.5, 0.6) is 0 Å². The number of nitrogens with zero attached hydrogens (tertiary/aromatic N) is 1. The second-order valence-electron chi connectivity index (χ2n) is 4.28. The molecular weight excluding hydrogens is 282 g/mol. The number of nitrogen functional groups attached to an aromatic ring is 1. The maximum absolute atomic E-state index is 11.6. The molecule has 1 aromatic rings. The van der Waals surface area contributed by atoms with Crippen LogP contribution in [0.4, 0.5) is 10.7 Å². The highest BCUT2D eigenvalue weighted by molar-refractivity contribution is 7.99. The summed E-state index contributed by atoms with van der Waals surface area (Å²) < 4.78 is 4.73. The Kier molecular flexibility index (Phi) is 6.47. The largest absolute Gasteiger partial charge is 0.465 e. The highest BCUT2D eigenvalue weighted by atomic mass is 32.2. The number of rotatable bonds is 7. The normalized spacial score (nSPS) is 10.8. The quantitative estimate of drug-likeness (QED) is 0.457. The molecule has 0 unspecified atom stereocenters. The molecule has 0 saturated heterocycles. The lowest BCUT2D eigenvalue weighted by Crippen LogP contribution is -2.16. The van der Waals surface area contributed by atoms with Crippen LogP contribution in [0, 0.1) is 0 Å². The fraction of sp³-hybridized carbons (Fsp3) is 0.583. The van der Waals surface area contributed by atoms with Crippen molar-refractivity contribution in [2.75, 3.05) is 51.6 Å². The summed E-state index contributed by atoms with van der Waals surface area (Å²) in [7, 11) is 5.46. The first-order valence-electron chi connectivity index (χ1n) is 5.94. The van der Waals surface area contributed by atoms with E-state index in [1.165, 1.54) is 30.2 Å². The molecular formula is C12H21N3O2S2. The second kappa shape index (κ2) is 7.62. The monoisotopic (exact) mass is 303 g/mol. The van der Waals surface area contributed by atoms with Crippen molar-refractivity contribution in [2.45, 2.75) is 11.3 Å². The number of methoxy groups -OCH3 is 1. The minimum Gasteiger partial charge on any atom is -0.465 e. The van der Waals surface area contributed by atoms with E-state index >= 15 is 0 Å². The van der Waals surface area contributed by atoms with Gasteiger partial charge in [-0.15, -0.1) is 23.1 Å². The molecule has 108 valence electrons. The molecule has 0 aliphatic heterocycles. The molecule has 1 aromatic heterocycles. The Balaban J connectivity index is 2.74. The van der Waals surface area contributed by atoms with E-state index in [0.29, 0.717) is 10.6 Å². The van der Waals surface area contributed by atoms with E-state index in [0.717, 1.165) is 29.4 Å². The van der Waals surface area contributed by atoms with Gasteiger partial charge in [0.1, 0.15) is 9.88 Å². The number of hydrogen-bond donors (Lipinski definition) is 2. The predicted molar refractivity (Wildman–Crippen MR) is 83.5 cm³/mol. The van der Waals surface area contributed by atoms with Crippen LogP contribution in [0.1, 0.15) is 16.1 Å². The molecule has 0 saturated carbocycles. The van der Waals surface area contributed by atoms with Gasteiger partial charge in [0.15, 0.2) is 0 Å². The third-order valence-electron chi connectivity index (χ3n) is 2.54. The van der Waals surface area contributed by atoms with E-state index in [1.807, 2.05) is 20.4 Å². The van der Waals surface area contributed by atoms with Crippen molar-refractivity contribution < 1.29 is 9.53 Å². The number of carbonyl (C=O) groups excluding carboxylic acids is 1. The van der Waals surface area contributed by atoms with Gasteiger partial charge in [-0.05, 0) is 33.3 Å². The Labute approximate surface area is 122 Å². The van der Waals surface area contributed by atoms with Crippen LogP contribution in [0.25, 0.3) is 0 Å². The number of carbonyl (C=O) groups is 1. The van der Waals surface area contributed by atoms with Gasteiger partial charge in [0.2, 0.25) is 0 Å². The smallest absolute Gasteiger partial charge is 0.350 e. The first-order valence-corrected chi connectivity index (χ1v) is 7.98. The molecule has 0 spiro atoms. The second-order valence-corrected chi connectivity index (χ2v) is 6.12. The summed E-state index contributed by atoms with van der Waals surface area (Å²) in [5.41, 5.74) is 6.50. The summed E-state index contributed by atoms with van der Waals surface area (Å²) in [4.78, 5) is 15.1. The molecule has 7 heteroatoms. The van der Waals surface area contributed by atoms with Crippen molar-refractivity contribution in [3.05, 3.63) is 4.88 Å². The zero-order valence-electron chi connectivity index (χ0n) is 11.8. The fourth-order valence-electron chi connectivity index (χ4n) is 1.59. The van der Waals surface area contributed by atoms with Crippen LogP contribution in [-0.2, 0) is 4.74 Å². The van der Waals surface area contributed by atoms with Crippen molar-refractivity contribution in [3.63, 3.8) is 0 Å². The average molecular weight is 303 g/mol. The molecule has 0 radical (unpaired) electrons. The zero-order valence-corrected chi connectivity index (χ0v) is 13.4. The molecule has 5 nitrogen and oxygen atoms in total. The van der Waals surface area contributed by atoms with Gasteiger partial charge in [-0.3, -0.25) is 0 Å². The summed E-state index contributed by atoms with van der Waals surface area (Å²) >= 11 is 2.90. The van der Waals surface area contributed by atoms with Crippen molar-refractivity contribution in [2.24, 2.45) is 0 Å². The standard InChI is InChI=1S/C12H21N3O2S2/c1-15(2)7-5-6-14-11-9(18-4)8(13)10(19-11)12(16)17-3/h14H,5-7,13H2,1-4H3. The molecule has 0 amide bonds. The van der Waals surface area contributed by atoms with Crippen LogP contribution in [0.2, 0.25) is 0 Å². The maximum Gasteiger partial charge on any atom is 0.350 e. The number of thiophene rings is 1. The van der Waals surface area contributed by atoms with Gasteiger partial charge in [-0.25, -0.2) is 4.79 Å². The summed E-state index contributed by atoms with van der Waals surface area (Å²) in [6.45, 7) is 1.87. The molecule has 0 aliphatic carbocycles. The third-order valence-corrected chi connectivity index (χ3v) is 4.65. The van der Waals surface area contributed by atoms with E-state index in [4.69, 9.17) is 10.5 Å². The number of nitrogens with one attached hydrogen (secondary N) is 1. The molecule has 19 heavy (non-hydrogen) atoms. The Morgan fingerprint density at radius 1 is 1.53 bits per heavy atom. The van der Waals surface area contributed by atoms with Crippen molar-refractivity contribution in [3.8, 4) is 0 Å². The first-order chi connectivity index (χ1) is 9.01. The molecule has 1 rings (SSSR count).